The molecule has 1 aromatic rings. The molecule has 1 aromatic carbocycles. The lowest BCUT2D eigenvalue weighted by Crippen LogP contribution is -2.52. The Morgan fingerprint density at radius 2 is 1.95 bits per heavy atom. The summed E-state index contributed by atoms with van der Waals surface area (Å²) in [6, 6.07) is 10.9. The van der Waals surface area contributed by atoms with Crippen LogP contribution in [0.25, 0.3) is 0 Å². The predicted molar refractivity (Wildman–Crippen MR) is 85.3 cm³/mol. The summed E-state index contributed by atoms with van der Waals surface area (Å²) in [5, 5.41) is 6.66. The Morgan fingerprint density at radius 3 is 2.81 bits per heavy atom. The molecule has 4 heteroatoms. The zero-order chi connectivity index (χ0) is 14.5. The molecule has 2 N–H and O–H groups in total. The van der Waals surface area contributed by atoms with Crippen LogP contribution in [0, 0.1) is 0 Å². The Balaban J connectivity index is 1.61. The minimum absolute atomic E-state index is 0.0767. The van der Waals surface area contributed by atoms with Gasteiger partial charge in [0.15, 0.2) is 0 Å². The number of likely N-dealkylation sites (tertiary alicyclic amines) is 1. The molecule has 2 saturated heterocycles. The molecule has 2 atom stereocenters. The van der Waals surface area contributed by atoms with Gasteiger partial charge in [-0.15, -0.1) is 0 Å². The largest absolute Gasteiger partial charge is 0.381 e. The molecule has 2 aliphatic heterocycles. The van der Waals surface area contributed by atoms with E-state index in [4.69, 9.17) is 0 Å². The van der Waals surface area contributed by atoms with Crippen molar-refractivity contribution in [3.8, 4) is 0 Å². The zero-order valence-electron chi connectivity index (χ0n) is 12.6. The first kappa shape index (κ1) is 14.4. The van der Waals surface area contributed by atoms with E-state index in [1.165, 1.54) is 12.1 Å². The summed E-state index contributed by atoms with van der Waals surface area (Å²) in [5.41, 5.74) is 1.18. The maximum absolute atomic E-state index is 12.2. The molecule has 2 fully saturated rings. The Morgan fingerprint density at radius 1 is 1.10 bits per heavy atom. The number of amides is 1. The first-order valence-corrected chi connectivity index (χ1v) is 8.16. The number of anilines is 1. The summed E-state index contributed by atoms with van der Waals surface area (Å²) in [6.45, 7) is 2.85. The van der Waals surface area contributed by atoms with Crippen LogP contribution in [0.2, 0.25) is 0 Å². The minimum Gasteiger partial charge on any atom is -0.381 e. The van der Waals surface area contributed by atoms with E-state index in [0.717, 1.165) is 45.3 Å². The fourth-order valence-electron chi connectivity index (χ4n) is 3.45. The number of hydrogen-bond acceptors (Lipinski definition) is 3. The van der Waals surface area contributed by atoms with Crippen LogP contribution in [0.5, 0.6) is 0 Å². The van der Waals surface area contributed by atoms with Crippen LogP contribution >= 0.6 is 0 Å². The maximum Gasteiger partial charge on any atom is 0.237 e. The third-order valence-electron chi connectivity index (χ3n) is 4.54. The lowest BCUT2D eigenvalue weighted by molar-refractivity contribution is -0.126. The van der Waals surface area contributed by atoms with Gasteiger partial charge in [-0.05, 0) is 50.8 Å². The second-order valence-electron chi connectivity index (χ2n) is 6.15. The molecular formula is C17H25N3O. The van der Waals surface area contributed by atoms with E-state index in [2.05, 4.69) is 39.8 Å². The summed E-state index contributed by atoms with van der Waals surface area (Å²) in [7, 11) is 0. The number of rotatable bonds is 3. The average molecular weight is 287 g/mol. The van der Waals surface area contributed by atoms with Gasteiger partial charge in [-0.1, -0.05) is 18.2 Å². The summed E-state index contributed by atoms with van der Waals surface area (Å²) in [6.07, 6.45) is 5.61. The van der Waals surface area contributed by atoms with Gasteiger partial charge < -0.3 is 10.6 Å². The molecule has 0 radical (unpaired) electrons. The second-order valence-corrected chi connectivity index (χ2v) is 6.15. The van der Waals surface area contributed by atoms with Crippen LogP contribution in [-0.2, 0) is 4.79 Å². The van der Waals surface area contributed by atoms with Gasteiger partial charge in [0.1, 0.15) is 0 Å². The fraction of sp³-hybridized carbons (Fsp3) is 0.588. The number of piperidine rings is 1. The van der Waals surface area contributed by atoms with E-state index in [1.54, 1.807) is 0 Å². The molecule has 0 bridgehead atoms. The zero-order valence-corrected chi connectivity index (χ0v) is 12.6. The van der Waals surface area contributed by atoms with E-state index >= 15 is 0 Å². The lowest BCUT2D eigenvalue weighted by Gasteiger charge is -2.37. The monoisotopic (exact) mass is 287 g/mol. The SMILES string of the molecule is O=C1NCCCC[C@H]1N1CCC[C@H](Nc2ccccc2)C1. The third-order valence-corrected chi connectivity index (χ3v) is 4.54. The Kier molecular flexibility index (Phi) is 4.76. The van der Waals surface area contributed by atoms with Gasteiger partial charge in [0.2, 0.25) is 5.91 Å². The fourth-order valence-corrected chi connectivity index (χ4v) is 3.45. The third kappa shape index (κ3) is 3.76. The molecule has 4 nitrogen and oxygen atoms in total. The molecular weight excluding hydrogens is 262 g/mol. The number of nitrogens with one attached hydrogen (secondary N) is 2. The molecule has 3 rings (SSSR count). The molecule has 2 heterocycles. The van der Waals surface area contributed by atoms with Crippen LogP contribution in [-0.4, -0.2) is 42.5 Å². The highest BCUT2D eigenvalue weighted by Crippen LogP contribution is 2.21. The van der Waals surface area contributed by atoms with Crippen molar-refractivity contribution in [2.75, 3.05) is 25.0 Å². The van der Waals surface area contributed by atoms with Crippen LogP contribution in [0.1, 0.15) is 32.1 Å². The van der Waals surface area contributed by atoms with Crippen molar-refractivity contribution in [2.24, 2.45) is 0 Å². The topological polar surface area (TPSA) is 44.4 Å². The summed E-state index contributed by atoms with van der Waals surface area (Å²) in [5.74, 6) is 0.230. The highest BCUT2D eigenvalue weighted by atomic mass is 16.2. The van der Waals surface area contributed by atoms with Crippen molar-refractivity contribution in [2.45, 2.75) is 44.2 Å². The Hall–Kier alpha value is -1.55. The molecule has 114 valence electrons. The van der Waals surface area contributed by atoms with Crippen LogP contribution < -0.4 is 10.6 Å². The summed E-state index contributed by atoms with van der Waals surface area (Å²) in [4.78, 5) is 14.6. The Labute approximate surface area is 126 Å². The van der Waals surface area contributed by atoms with Crippen molar-refractivity contribution < 1.29 is 4.79 Å². The molecule has 2 aliphatic rings. The van der Waals surface area contributed by atoms with Crippen LogP contribution in [0.4, 0.5) is 5.69 Å². The summed E-state index contributed by atoms with van der Waals surface area (Å²) < 4.78 is 0. The van der Waals surface area contributed by atoms with Crippen molar-refractivity contribution in [3.05, 3.63) is 30.3 Å². The molecule has 0 unspecified atom stereocenters. The van der Waals surface area contributed by atoms with E-state index in [1.807, 2.05) is 6.07 Å². The standard InChI is InChI=1S/C17H25N3O/c21-17-16(10-4-5-11-18-17)20-12-6-9-15(13-20)19-14-7-2-1-3-8-14/h1-3,7-8,15-16,19H,4-6,9-13H2,(H,18,21)/t15-,16+/m0/s1. The number of benzene rings is 1. The van der Waals surface area contributed by atoms with Crippen molar-refractivity contribution in [1.82, 2.24) is 10.2 Å². The van der Waals surface area contributed by atoms with Crippen molar-refractivity contribution in [3.63, 3.8) is 0 Å². The number of para-hydroxylation sites is 1. The molecule has 21 heavy (non-hydrogen) atoms. The normalized spacial score (nSPS) is 27.7. The second kappa shape index (κ2) is 6.94. The maximum atomic E-state index is 12.2. The van der Waals surface area contributed by atoms with Crippen molar-refractivity contribution in [1.29, 1.82) is 0 Å². The number of nitrogens with zero attached hydrogens (tertiary/aromatic N) is 1. The molecule has 0 spiro atoms. The van der Waals surface area contributed by atoms with Crippen molar-refractivity contribution >= 4 is 11.6 Å². The number of carbonyl (C=O) groups excluding carboxylic acids is 1. The Bertz CT molecular complexity index is 462. The molecule has 0 aromatic heterocycles. The molecule has 1 amide bonds. The highest BCUT2D eigenvalue weighted by Gasteiger charge is 2.31. The van der Waals surface area contributed by atoms with Gasteiger partial charge in [0, 0.05) is 24.8 Å². The van der Waals surface area contributed by atoms with Gasteiger partial charge in [0.25, 0.3) is 0 Å². The van der Waals surface area contributed by atoms with Gasteiger partial charge >= 0.3 is 0 Å². The van der Waals surface area contributed by atoms with Gasteiger partial charge in [0.05, 0.1) is 6.04 Å². The molecule has 0 saturated carbocycles. The van der Waals surface area contributed by atoms with E-state index in [9.17, 15) is 4.79 Å². The number of hydrogen-bond donors (Lipinski definition) is 2. The predicted octanol–water partition coefficient (Wildman–Crippen LogP) is 2.23. The van der Waals surface area contributed by atoms with Crippen LogP contribution in [0.3, 0.4) is 0 Å². The van der Waals surface area contributed by atoms with Gasteiger partial charge in [-0.25, -0.2) is 0 Å². The van der Waals surface area contributed by atoms with Gasteiger partial charge in [-0.3, -0.25) is 9.69 Å². The molecule has 0 aliphatic carbocycles. The van der Waals surface area contributed by atoms with E-state index < -0.39 is 0 Å². The number of carbonyl (C=O) groups is 1. The highest BCUT2D eigenvalue weighted by molar-refractivity contribution is 5.81. The van der Waals surface area contributed by atoms with E-state index in [0.29, 0.717) is 6.04 Å². The minimum atomic E-state index is 0.0767. The summed E-state index contributed by atoms with van der Waals surface area (Å²) >= 11 is 0. The average Bonchev–Trinajstić information content (AvgIpc) is 2.73. The first-order chi connectivity index (χ1) is 10.3. The van der Waals surface area contributed by atoms with Gasteiger partial charge in [-0.2, -0.15) is 0 Å². The smallest absolute Gasteiger partial charge is 0.237 e. The van der Waals surface area contributed by atoms with E-state index in [-0.39, 0.29) is 11.9 Å². The lowest BCUT2D eigenvalue weighted by atomic mass is 10.0. The quantitative estimate of drug-likeness (QED) is 0.896. The first-order valence-electron chi connectivity index (χ1n) is 8.16. The van der Waals surface area contributed by atoms with Crippen LogP contribution in [0.15, 0.2) is 30.3 Å².